The minimum absolute atomic E-state index is 0. The number of nitrogens with zero attached hydrogens (tertiary/aromatic N) is 1. The lowest BCUT2D eigenvalue weighted by atomic mass is 10.1. The molecule has 0 amide bonds. The van der Waals surface area contributed by atoms with E-state index in [9.17, 15) is 0 Å². The van der Waals surface area contributed by atoms with Gasteiger partial charge in [-0.3, -0.25) is 0 Å². The Morgan fingerprint density at radius 1 is 0.818 bits per heavy atom. The monoisotopic (exact) mass is 413 g/mol. The van der Waals surface area contributed by atoms with E-state index in [0.29, 0.717) is 11.5 Å². The number of hydrogen-bond donors (Lipinski definition) is 0. The number of rotatable bonds is 5. The summed E-state index contributed by atoms with van der Waals surface area (Å²) in [6.45, 7) is 0. The molecule has 1 aromatic carbocycles. The van der Waals surface area contributed by atoms with Crippen molar-refractivity contribution in [3.8, 4) is 17.2 Å². The van der Waals surface area contributed by atoms with Gasteiger partial charge in [0.15, 0.2) is 23.9 Å². The fraction of sp³-hybridized carbons (Fsp3) is 0.235. The Morgan fingerprint density at radius 3 is 1.91 bits per heavy atom. The van der Waals surface area contributed by atoms with E-state index in [4.69, 9.17) is 14.2 Å². The molecule has 118 valence electrons. The number of pyridine rings is 1. The molecule has 0 unspecified atom stereocenters. The lowest BCUT2D eigenvalue weighted by Gasteiger charge is -2.12. The van der Waals surface area contributed by atoms with Crippen LogP contribution in [0.2, 0.25) is 0 Å². The Bertz CT molecular complexity index is 639. The van der Waals surface area contributed by atoms with Gasteiger partial charge in [0.2, 0.25) is 0 Å². The zero-order valence-electron chi connectivity index (χ0n) is 13.2. The Labute approximate surface area is 148 Å². The highest BCUT2D eigenvalue weighted by Gasteiger charge is 2.09. The first kappa shape index (κ1) is 18.3. The highest BCUT2D eigenvalue weighted by Crippen LogP contribution is 2.35. The van der Waals surface area contributed by atoms with Crippen molar-refractivity contribution in [2.24, 2.45) is 7.05 Å². The molecule has 2 rings (SSSR count). The quantitative estimate of drug-likeness (QED) is 0.499. The lowest BCUT2D eigenvalue weighted by Crippen LogP contribution is -3.00. The number of aromatic nitrogens is 1. The SMILES string of the molecule is COc1cc(OC)c(OC)cc1C=Cc1cc[n+](C)cc1.[I-]. The van der Waals surface area contributed by atoms with Crippen molar-refractivity contribution in [3.05, 3.63) is 47.8 Å². The number of hydrogen-bond acceptors (Lipinski definition) is 3. The fourth-order valence-electron chi connectivity index (χ4n) is 1.99. The van der Waals surface area contributed by atoms with Gasteiger partial charge in [0, 0.05) is 23.8 Å². The molecule has 5 heteroatoms. The molecule has 0 saturated carbocycles. The molecule has 0 N–H and O–H groups in total. The standard InChI is InChI=1S/C17H20NO3.HI/c1-18-9-7-13(8-10-18)5-6-14-11-16(20-3)17(21-4)12-15(14)19-2;/h5-12H,1-4H3;1H/q+1;/p-1. The lowest BCUT2D eigenvalue weighted by molar-refractivity contribution is -0.671. The van der Waals surface area contributed by atoms with Crippen LogP contribution in [0.4, 0.5) is 0 Å². The maximum absolute atomic E-state index is 5.40. The predicted octanol–water partition coefficient (Wildman–Crippen LogP) is -0.289. The average molecular weight is 413 g/mol. The topological polar surface area (TPSA) is 31.6 Å². The molecule has 0 aliphatic heterocycles. The summed E-state index contributed by atoms with van der Waals surface area (Å²) in [6.07, 6.45) is 8.04. The van der Waals surface area contributed by atoms with Crippen LogP contribution in [0.1, 0.15) is 11.1 Å². The summed E-state index contributed by atoms with van der Waals surface area (Å²) in [5, 5.41) is 0. The van der Waals surface area contributed by atoms with Gasteiger partial charge in [-0.25, -0.2) is 4.57 Å². The van der Waals surface area contributed by atoms with Gasteiger partial charge < -0.3 is 38.2 Å². The Kier molecular flexibility index (Phi) is 7.17. The predicted molar refractivity (Wildman–Crippen MR) is 82.6 cm³/mol. The van der Waals surface area contributed by atoms with Crippen LogP contribution in [0.5, 0.6) is 17.2 Å². The summed E-state index contributed by atoms with van der Waals surface area (Å²) in [6, 6.07) is 7.81. The Balaban J connectivity index is 0.00000242. The Morgan fingerprint density at radius 2 is 1.36 bits per heavy atom. The summed E-state index contributed by atoms with van der Waals surface area (Å²) in [7, 11) is 6.86. The molecule has 0 radical (unpaired) electrons. The second-order valence-corrected chi connectivity index (χ2v) is 4.58. The van der Waals surface area contributed by atoms with E-state index in [1.54, 1.807) is 21.3 Å². The molecule has 0 atom stereocenters. The summed E-state index contributed by atoms with van der Waals surface area (Å²) >= 11 is 0. The van der Waals surface area contributed by atoms with Crippen LogP contribution in [0.3, 0.4) is 0 Å². The van der Waals surface area contributed by atoms with Crippen LogP contribution in [0, 0.1) is 0 Å². The van der Waals surface area contributed by atoms with Gasteiger partial charge in [-0.1, -0.05) is 12.2 Å². The minimum Gasteiger partial charge on any atom is -1.00 e. The molecule has 1 heterocycles. The molecule has 22 heavy (non-hydrogen) atoms. The van der Waals surface area contributed by atoms with Gasteiger partial charge in [-0.15, -0.1) is 0 Å². The zero-order chi connectivity index (χ0) is 15.2. The van der Waals surface area contributed by atoms with Crippen LogP contribution in [-0.4, -0.2) is 21.3 Å². The number of benzene rings is 1. The highest BCUT2D eigenvalue weighted by molar-refractivity contribution is 5.74. The highest BCUT2D eigenvalue weighted by atomic mass is 127. The van der Waals surface area contributed by atoms with E-state index < -0.39 is 0 Å². The van der Waals surface area contributed by atoms with E-state index in [2.05, 4.69) is 0 Å². The largest absolute Gasteiger partial charge is 1.00 e. The van der Waals surface area contributed by atoms with Gasteiger partial charge in [-0.2, -0.15) is 0 Å². The van der Waals surface area contributed by atoms with Crippen molar-refractivity contribution in [1.82, 2.24) is 0 Å². The maximum Gasteiger partial charge on any atom is 0.169 e. The van der Waals surface area contributed by atoms with Crippen molar-refractivity contribution >= 4 is 12.2 Å². The maximum atomic E-state index is 5.40. The second-order valence-electron chi connectivity index (χ2n) is 4.58. The first-order valence-corrected chi connectivity index (χ1v) is 6.61. The van der Waals surface area contributed by atoms with Crippen LogP contribution in [-0.2, 0) is 7.05 Å². The molecule has 0 spiro atoms. The van der Waals surface area contributed by atoms with Gasteiger partial charge in [0.25, 0.3) is 0 Å². The molecule has 2 aromatic rings. The van der Waals surface area contributed by atoms with Crippen molar-refractivity contribution in [3.63, 3.8) is 0 Å². The van der Waals surface area contributed by atoms with E-state index in [0.717, 1.165) is 16.9 Å². The van der Waals surface area contributed by atoms with Crippen molar-refractivity contribution in [2.75, 3.05) is 21.3 Å². The second kappa shape index (κ2) is 8.63. The van der Waals surface area contributed by atoms with E-state index in [1.165, 1.54) is 0 Å². The zero-order valence-corrected chi connectivity index (χ0v) is 15.3. The van der Waals surface area contributed by atoms with E-state index >= 15 is 0 Å². The first-order chi connectivity index (χ1) is 10.2. The summed E-state index contributed by atoms with van der Waals surface area (Å²) in [5.74, 6) is 2.07. The summed E-state index contributed by atoms with van der Waals surface area (Å²) < 4.78 is 18.0. The van der Waals surface area contributed by atoms with Crippen LogP contribution in [0.15, 0.2) is 36.7 Å². The third-order valence-electron chi connectivity index (χ3n) is 3.20. The minimum atomic E-state index is 0. The average Bonchev–Trinajstić information content (AvgIpc) is 2.53. The number of aryl methyl sites for hydroxylation is 1. The van der Waals surface area contributed by atoms with Crippen molar-refractivity contribution in [2.45, 2.75) is 0 Å². The molecule has 0 saturated heterocycles. The molecule has 0 fully saturated rings. The molecule has 0 aliphatic rings. The van der Waals surface area contributed by atoms with Crippen molar-refractivity contribution in [1.29, 1.82) is 0 Å². The number of ether oxygens (including phenoxy) is 3. The normalized spacial score (nSPS) is 10.2. The van der Waals surface area contributed by atoms with Gasteiger partial charge in [0.05, 0.1) is 21.3 Å². The molecule has 0 bridgehead atoms. The van der Waals surface area contributed by atoms with Gasteiger partial charge >= 0.3 is 0 Å². The third-order valence-corrected chi connectivity index (χ3v) is 3.20. The smallest absolute Gasteiger partial charge is 0.169 e. The Hall–Kier alpha value is -1.76. The van der Waals surface area contributed by atoms with Crippen LogP contribution in [0.25, 0.3) is 12.2 Å². The summed E-state index contributed by atoms with van der Waals surface area (Å²) in [4.78, 5) is 0. The number of halogens is 1. The van der Waals surface area contributed by atoms with Crippen molar-refractivity contribution < 1.29 is 42.8 Å². The molecule has 0 aliphatic carbocycles. The third kappa shape index (κ3) is 4.37. The molecule has 1 aromatic heterocycles. The van der Waals surface area contributed by atoms with Gasteiger partial charge in [0.1, 0.15) is 12.8 Å². The summed E-state index contributed by atoms with van der Waals surface area (Å²) in [5.41, 5.74) is 2.05. The molecular weight excluding hydrogens is 393 g/mol. The van der Waals surface area contributed by atoms with E-state index in [1.807, 2.05) is 60.4 Å². The molecular formula is C17H20INO3. The first-order valence-electron chi connectivity index (χ1n) is 6.61. The van der Waals surface area contributed by atoms with Crippen LogP contribution >= 0.6 is 0 Å². The number of methoxy groups -OCH3 is 3. The fourth-order valence-corrected chi connectivity index (χ4v) is 1.99. The van der Waals surface area contributed by atoms with Gasteiger partial charge in [-0.05, 0) is 11.6 Å². The molecule has 4 nitrogen and oxygen atoms in total. The van der Waals surface area contributed by atoms with E-state index in [-0.39, 0.29) is 24.0 Å². The van der Waals surface area contributed by atoms with Crippen LogP contribution < -0.4 is 42.8 Å².